The highest BCUT2D eigenvalue weighted by Gasteiger charge is 2.21. The number of anilines is 3. The monoisotopic (exact) mass is 768 g/mol. The van der Waals surface area contributed by atoms with E-state index >= 15 is 0 Å². The number of benzene rings is 9. The van der Waals surface area contributed by atoms with E-state index in [-0.39, 0.29) is 0 Å². The molecule has 5 heteroatoms. The molecule has 0 saturated carbocycles. The first-order valence-electron chi connectivity index (χ1n) is 20.1. The summed E-state index contributed by atoms with van der Waals surface area (Å²) in [6.07, 6.45) is 0. The molecule has 11 aromatic rings. The van der Waals surface area contributed by atoms with Gasteiger partial charge in [-0.1, -0.05) is 170 Å². The number of rotatable bonds is 8. The van der Waals surface area contributed by atoms with Gasteiger partial charge in [-0.05, 0) is 81.6 Å². The third-order valence-corrected chi connectivity index (χ3v) is 11.1. The number of para-hydroxylation sites is 1. The van der Waals surface area contributed by atoms with Crippen LogP contribution in [-0.4, -0.2) is 15.0 Å². The van der Waals surface area contributed by atoms with Crippen LogP contribution in [0.3, 0.4) is 0 Å². The highest BCUT2D eigenvalue weighted by molar-refractivity contribution is 6.25. The van der Waals surface area contributed by atoms with Crippen molar-refractivity contribution in [2.24, 2.45) is 0 Å². The average Bonchev–Trinajstić information content (AvgIpc) is 3.72. The van der Waals surface area contributed by atoms with Crippen LogP contribution in [-0.2, 0) is 0 Å². The largest absolute Gasteiger partial charge is 0.456 e. The van der Waals surface area contributed by atoms with Gasteiger partial charge in [0.1, 0.15) is 11.2 Å². The molecule has 5 nitrogen and oxygen atoms in total. The summed E-state index contributed by atoms with van der Waals surface area (Å²) in [6.45, 7) is 0. The summed E-state index contributed by atoms with van der Waals surface area (Å²) in [5.41, 5.74) is 12.2. The van der Waals surface area contributed by atoms with Gasteiger partial charge in [-0.3, -0.25) is 0 Å². The Balaban J connectivity index is 1.03. The zero-order valence-corrected chi connectivity index (χ0v) is 32.5. The number of hydrogen-bond donors (Lipinski definition) is 0. The molecule has 282 valence electrons. The molecule has 0 unspecified atom stereocenters. The molecule has 2 aromatic heterocycles. The first-order valence-corrected chi connectivity index (χ1v) is 20.1. The topological polar surface area (TPSA) is 55.1 Å². The van der Waals surface area contributed by atoms with Gasteiger partial charge in [-0.2, -0.15) is 0 Å². The van der Waals surface area contributed by atoms with Crippen molar-refractivity contribution in [2.45, 2.75) is 0 Å². The van der Waals surface area contributed by atoms with Crippen molar-refractivity contribution in [2.75, 3.05) is 4.90 Å². The van der Waals surface area contributed by atoms with Gasteiger partial charge < -0.3 is 9.32 Å². The third-order valence-electron chi connectivity index (χ3n) is 11.1. The lowest BCUT2D eigenvalue weighted by atomic mass is 9.93. The van der Waals surface area contributed by atoms with Gasteiger partial charge in [-0.15, -0.1) is 0 Å². The molecule has 0 N–H and O–H groups in total. The Morgan fingerprint density at radius 2 is 0.767 bits per heavy atom. The number of hydrogen-bond acceptors (Lipinski definition) is 5. The van der Waals surface area contributed by atoms with Gasteiger partial charge in [0.2, 0.25) is 0 Å². The van der Waals surface area contributed by atoms with E-state index in [2.05, 4.69) is 144 Å². The second-order valence-corrected chi connectivity index (χ2v) is 14.8. The van der Waals surface area contributed by atoms with Crippen LogP contribution in [0.1, 0.15) is 0 Å². The van der Waals surface area contributed by atoms with Gasteiger partial charge >= 0.3 is 0 Å². The molecule has 11 rings (SSSR count). The van der Waals surface area contributed by atoms with Crippen molar-refractivity contribution in [1.29, 1.82) is 0 Å². The van der Waals surface area contributed by atoms with Crippen molar-refractivity contribution >= 4 is 49.8 Å². The Bertz CT molecular complexity index is 3220. The quantitative estimate of drug-likeness (QED) is 0.154. The van der Waals surface area contributed by atoms with Gasteiger partial charge in [0.05, 0.1) is 0 Å². The van der Waals surface area contributed by atoms with Crippen LogP contribution in [0.5, 0.6) is 0 Å². The lowest BCUT2D eigenvalue weighted by Gasteiger charge is -2.26. The van der Waals surface area contributed by atoms with Crippen LogP contribution in [0.2, 0.25) is 0 Å². The summed E-state index contributed by atoms with van der Waals surface area (Å²) in [6, 6.07) is 75.7. The Labute approximate surface area is 347 Å². The molecule has 0 aliphatic rings. The molecule has 0 radical (unpaired) electrons. The van der Waals surface area contributed by atoms with Gasteiger partial charge in [0.25, 0.3) is 0 Å². The predicted molar refractivity (Wildman–Crippen MR) is 246 cm³/mol. The molecular formula is C55H36N4O. The minimum atomic E-state index is 0.595. The first-order chi connectivity index (χ1) is 29.7. The lowest BCUT2D eigenvalue weighted by molar-refractivity contribution is 0.669. The summed E-state index contributed by atoms with van der Waals surface area (Å²) < 4.78 is 6.75. The van der Waals surface area contributed by atoms with E-state index in [4.69, 9.17) is 19.4 Å². The second-order valence-electron chi connectivity index (χ2n) is 14.8. The van der Waals surface area contributed by atoms with Crippen molar-refractivity contribution < 1.29 is 4.42 Å². The van der Waals surface area contributed by atoms with Crippen LogP contribution in [0.25, 0.3) is 89.1 Å². The SMILES string of the molecule is c1ccc(-c2ccc(N(c3ccccc3)c3ccc(-c4cc5oc6cccc(-c7nc(-c8ccccc8)nc(-c8ccccc8)n7)c6c5c5ccccc45)cc3)cc2)cc1. The summed E-state index contributed by atoms with van der Waals surface area (Å²) in [5.74, 6) is 1.84. The molecule has 0 fully saturated rings. The maximum absolute atomic E-state index is 6.75. The highest BCUT2D eigenvalue weighted by atomic mass is 16.3. The van der Waals surface area contributed by atoms with E-state index in [1.165, 1.54) is 11.1 Å². The number of nitrogens with zero attached hydrogens (tertiary/aromatic N) is 4. The molecule has 9 aromatic carbocycles. The molecule has 0 aliphatic carbocycles. The van der Waals surface area contributed by atoms with Gasteiger partial charge in [0.15, 0.2) is 17.5 Å². The van der Waals surface area contributed by atoms with E-state index in [1.807, 2.05) is 78.9 Å². The van der Waals surface area contributed by atoms with Crippen molar-refractivity contribution in [3.05, 3.63) is 218 Å². The Hall–Kier alpha value is -8.15. The summed E-state index contributed by atoms with van der Waals surface area (Å²) in [7, 11) is 0. The average molecular weight is 769 g/mol. The van der Waals surface area contributed by atoms with Crippen molar-refractivity contribution in [3.8, 4) is 56.4 Å². The Morgan fingerprint density at radius 1 is 0.300 bits per heavy atom. The highest BCUT2D eigenvalue weighted by Crippen LogP contribution is 2.44. The van der Waals surface area contributed by atoms with E-state index in [0.717, 1.165) is 77.6 Å². The van der Waals surface area contributed by atoms with Gasteiger partial charge in [-0.25, -0.2) is 15.0 Å². The van der Waals surface area contributed by atoms with Crippen LogP contribution >= 0.6 is 0 Å². The normalized spacial score (nSPS) is 11.3. The summed E-state index contributed by atoms with van der Waals surface area (Å²) >= 11 is 0. The van der Waals surface area contributed by atoms with Crippen molar-refractivity contribution in [1.82, 2.24) is 15.0 Å². The maximum Gasteiger partial charge on any atom is 0.164 e. The molecule has 0 bridgehead atoms. The predicted octanol–water partition coefficient (Wildman–Crippen LogP) is 14.7. The zero-order valence-electron chi connectivity index (χ0n) is 32.5. The Kier molecular flexibility index (Phi) is 8.75. The maximum atomic E-state index is 6.75. The molecule has 2 heterocycles. The number of aromatic nitrogens is 3. The lowest BCUT2D eigenvalue weighted by Crippen LogP contribution is -2.09. The van der Waals surface area contributed by atoms with Crippen LogP contribution in [0.4, 0.5) is 17.1 Å². The first kappa shape index (κ1) is 35.0. The fourth-order valence-corrected chi connectivity index (χ4v) is 8.28. The van der Waals surface area contributed by atoms with Gasteiger partial charge in [0, 0.05) is 44.5 Å². The van der Waals surface area contributed by atoms with E-state index in [1.54, 1.807) is 0 Å². The third kappa shape index (κ3) is 6.35. The molecule has 0 amide bonds. The molecule has 60 heavy (non-hydrogen) atoms. The standard InChI is InChI=1S/C55H36N4O/c1-5-16-37(17-6-1)38-28-32-43(33-29-38)59(42-22-11-4-12-23-42)44-34-30-39(31-35-44)48-36-50-51(46-25-14-13-24-45(46)48)52-47(26-15-27-49(52)60-50)55-57-53(40-18-7-2-8-19-40)56-54(58-55)41-20-9-3-10-21-41/h1-36H. The fraction of sp³-hybridized carbons (Fsp3) is 0. The molecule has 0 spiro atoms. The smallest absolute Gasteiger partial charge is 0.164 e. The summed E-state index contributed by atoms with van der Waals surface area (Å²) in [4.78, 5) is 17.4. The van der Waals surface area contributed by atoms with E-state index in [9.17, 15) is 0 Å². The summed E-state index contributed by atoms with van der Waals surface area (Å²) in [5, 5.41) is 4.25. The minimum Gasteiger partial charge on any atom is -0.456 e. The van der Waals surface area contributed by atoms with E-state index < -0.39 is 0 Å². The minimum absolute atomic E-state index is 0.595. The Morgan fingerprint density at radius 3 is 1.37 bits per heavy atom. The molecule has 0 saturated heterocycles. The van der Waals surface area contributed by atoms with Crippen LogP contribution in [0, 0.1) is 0 Å². The van der Waals surface area contributed by atoms with Crippen molar-refractivity contribution in [3.63, 3.8) is 0 Å². The second kappa shape index (κ2) is 15.0. The number of furan rings is 1. The molecule has 0 atom stereocenters. The zero-order chi connectivity index (χ0) is 39.8. The molecular weight excluding hydrogens is 733 g/mol. The number of fused-ring (bicyclic) bond motifs is 5. The fourth-order valence-electron chi connectivity index (χ4n) is 8.28. The molecule has 0 aliphatic heterocycles. The van der Waals surface area contributed by atoms with E-state index in [0.29, 0.717) is 17.5 Å². The van der Waals surface area contributed by atoms with Crippen LogP contribution in [0.15, 0.2) is 223 Å². The van der Waals surface area contributed by atoms with Crippen LogP contribution < -0.4 is 4.90 Å².